The molecule has 90 valence electrons. The third-order valence-electron chi connectivity index (χ3n) is 3.42. The van der Waals surface area contributed by atoms with Gasteiger partial charge in [0.1, 0.15) is 0 Å². The Morgan fingerprint density at radius 3 is 3.06 bits per heavy atom. The minimum absolute atomic E-state index is 0.460. The lowest BCUT2D eigenvalue weighted by molar-refractivity contribution is 0.0573. The number of hydrogen-bond donors (Lipinski definition) is 1. The van der Waals surface area contributed by atoms with Gasteiger partial charge < -0.3 is 10.1 Å². The van der Waals surface area contributed by atoms with Crippen LogP contribution in [0.3, 0.4) is 0 Å². The van der Waals surface area contributed by atoms with E-state index >= 15 is 0 Å². The first-order valence-electron chi connectivity index (χ1n) is 6.12. The van der Waals surface area contributed by atoms with Gasteiger partial charge in [-0.2, -0.15) is 0 Å². The van der Waals surface area contributed by atoms with Crippen LogP contribution in [0.4, 0.5) is 0 Å². The molecule has 3 atom stereocenters. The molecule has 0 aromatic carbocycles. The van der Waals surface area contributed by atoms with E-state index in [2.05, 4.69) is 29.8 Å². The molecule has 1 saturated carbocycles. The van der Waals surface area contributed by atoms with Gasteiger partial charge in [0.15, 0.2) is 0 Å². The summed E-state index contributed by atoms with van der Waals surface area (Å²) in [5, 5.41) is 5.86. The van der Waals surface area contributed by atoms with Crippen molar-refractivity contribution >= 4 is 11.3 Å². The minimum Gasteiger partial charge on any atom is -0.381 e. The van der Waals surface area contributed by atoms with Gasteiger partial charge in [-0.15, -0.1) is 11.3 Å². The third kappa shape index (κ3) is 3.06. The Hall–Kier alpha value is -0.380. The Balaban J connectivity index is 1.84. The summed E-state index contributed by atoms with van der Waals surface area (Å²) in [4.78, 5) is 1.43. The van der Waals surface area contributed by atoms with E-state index in [0.717, 1.165) is 6.42 Å². The average Bonchev–Trinajstić information content (AvgIpc) is 2.83. The fourth-order valence-corrected chi connectivity index (χ4v) is 3.23. The summed E-state index contributed by atoms with van der Waals surface area (Å²) in [6.07, 6.45) is 5.42. The minimum atomic E-state index is 0.460. The Kier molecular flexibility index (Phi) is 4.38. The summed E-state index contributed by atoms with van der Waals surface area (Å²) in [6.45, 7) is 2.25. The van der Waals surface area contributed by atoms with Gasteiger partial charge in [-0.1, -0.05) is 6.07 Å². The zero-order chi connectivity index (χ0) is 11.4. The molecule has 1 fully saturated rings. The first kappa shape index (κ1) is 12.1. The van der Waals surface area contributed by atoms with Crippen LogP contribution in [0.1, 0.15) is 43.5 Å². The first-order valence-corrected chi connectivity index (χ1v) is 7.00. The van der Waals surface area contributed by atoms with Gasteiger partial charge in [0.2, 0.25) is 0 Å². The molecule has 1 N–H and O–H groups in total. The van der Waals surface area contributed by atoms with Crippen LogP contribution in [0.5, 0.6) is 0 Å². The number of nitrogens with one attached hydrogen (secondary N) is 1. The lowest BCUT2D eigenvalue weighted by Crippen LogP contribution is -2.37. The maximum atomic E-state index is 5.46. The number of ether oxygens (including phenoxy) is 1. The molecule has 0 bridgehead atoms. The Morgan fingerprint density at radius 1 is 1.50 bits per heavy atom. The number of thiophene rings is 1. The molecule has 1 aliphatic carbocycles. The van der Waals surface area contributed by atoms with Crippen molar-refractivity contribution < 1.29 is 4.74 Å². The quantitative estimate of drug-likeness (QED) is 0.870. The van der Waals surface area contributed by atoms with Crippen LogP contribution in [0.15, 0.2) is 17.5 Å². The van der Waals surface area contributed by atoms with E-state index in [9.17, 15) is 0 Å². The summed E-state index contributed by atoms with van der Waals surface area (Å²) >= 11 is 1.83. The molecule has 2 rings (SSSR count). The van der Waals surface area contributed by atoms with Gasteiger partial charge in [-0.25, -0.2) is 0 Å². The lowest BCUT2D eigenvalue weighted by atomic mass is 9.92. The molecule has 1 heterocycles. The van der Waals surface area contributed by atoms with Crippen molar-refractivity contribution in [2.45, 2.75) is 50.8 Å². The molecular weight excluding hydrogens is 218 g/mol. The number of hydrogen-bond acceptors (Lipinski definition) is 3. The van der Waals surface area contributed by atoms with Crippen LogP contribution in [0.2, 0.25) is 0 Å². The van der Waals surface area contributed by atoms with E-state index in [-0.39, 0.29) is 0 Å². The molecule has 0 aliphatic heterocycles. The standard InChI is InChI=1S/C13H21NOS/c1-10(13-7-4-8-16-13)14-11-5-3-6-12(9-11)15-2/h4,7-8,10-12,14H,3,5-6,9H2,1-2H3/t10-,11?,12?/m0/s1. The van der Waals surface area contributed by atoms with Gasteiger partial charge in [0.05, 0.1) is 6.10 Å². The van der Waals surface area contributed by atoms with Crippen LogP contribution in [0, 0.1) is 0 Å². The molecule has 0 radical (unpaired) electrons. The van der Waals surface area contributed by atoms with Gasteiger partial charge >= 0.3 is 0 Å². The zero-order valence-electron chi connectivity index (χ0n) is 10.1. The maximum Gasteiger partial charge on any atom is 0.0586 e. The molecule has 1 aliphatic rings. The highest BCUT2D eigenvalue weighted by Gasteiger charge is 2.23. The molecule has 2 unspecified atom stereocenters. The molecule has 16 heavy (non-hydrogen) atoms. The topological polar surface area (TPSA) is 21.3 Å². The van der Waals surface area contributed by atoms with Gasteiger partial charge in [-0.3, -0.25) is 0 Å². The van der Waals surface area contributed by atoms with E-state index in [1.54, 1.807) is 0 Å². The Bertz CT molecular complexity index is 299. The molecular formula is C13H21NOS. The highest BCUT2D eigenvalue weighted by Crippen LogP contribution is 2.25. The second-order valence-electron chi connectivity index (χ2n) is 4.63. The van der Waals surface area contributed by atoms with E-state index in [0.29, 0.717) is 18.2 Å². The number of methoxy groups -OCH3 is 1. The second-order valence-corrected chi connectivity index (χ2v) is 5.60. The van der Waals surface area contributed by atoms with Crippen LogP contribution >= 0.6 is 11.3 Å². The highest BCUT2D eigenvalue weighted by molar-refractivity contribution is 7.10. The van der Waals surface area contributed by atoms with Gasteiger partial charge in [-0.05, 0) is 44.1 Å². The van der Waals surface area contributed by atoms with Crippen LogP contribution < -0.4 is 5.32 Å². The summed E-state index contributed by atoms with van der Waals surface area (Å²) in [5.41, 5.74) is 0. The Labute approximate surface area is 102 Å². The van der Waals surface area contributed by atoms with Crippen LogP contribution in [-0.4, -0.2) is 19.3 Å². The molecule has 1 aromatic rings. The lowest BCUT2D eigenvalue weighted by Gasteiger charge is -2.30. The normalized spacial score (nSPS) is 27.9. The van der Waals surface area contributed by atoms with Crippen molar-refractivity contribution in [2.24, 2.45) is 0 Å². The predicted octanol–water partition coefficient (Wildman–Crippen LogP) is 3.36. The summed E-state index contributed by atoms with van der Waals surface area (Å²) < 4.78 is 5.46. The monoisotopic (exact) mass is 239 g/mol. The van der Waals surface area contributed by atoms with Gasteiger partial charge in [0, 0.05) is 24.1 Å². The number of rotatable bonds is 4. The first-order chi connectivity index (χ1) is 7.79. The largest absolute Gasteiger partial charge is 0.381 e. The smallest absolute Gasteiger partial charge is 0.0586 e. The van der Waals surface area contributed by atoms with Gasteiger partial charge in [0.25, 0.3) is 0 Å². The average molecular weight is 239 g/mol. The van der Waals surface area contributed by atoms with Crippen molar-refractivity contribution in [3.8, 4) is 0 Å². The summed E-state index contributed by atoms with van der Waals surface area (Å²) in [7, 11) is 1.83. The van der Waals surface area contributed by atoms with Crippen LogP contribution in [-0.2, 0) is 4.74 Å². The fourth-order valence-electron chi connectivity index (χ4n) is 2.48. The molecule has 0 spiro atoms. The maximum absolute atomic E-state index is 5.46. The second kappa shape index (κ2) is 5.80. The molecule has 2 nitrogen and oxygen atoms in total. The van der Waals surface area contributed by atoms with Crippen LogP contribution in [0.25, 0.3) is 0 Å². The van der Waals surface area contributed by atoms with E-state index in [4.69, 9.17) is 4.74 Å². The summed E-state index contributed by atoms with van der Waals surface area (Å²) in [6, 6.07) is 5.42. The predicted molar refractivity (Wildman–Crippen MR) is 68.9 cm³/mol. The highest BCUT2D eigenvalue weighted by atomic mass is 32.1. The summed E-state index contributed by atoms with van der Waals surface area (Å²) in [5.74, 6) is 0. The van der Waals surface area contributed by atoms with E-state index in [1.165, 1.54) is 24.1 Å². The third-order valence-corrected chi connectivity index (χ3v) is 4.47. The molecule has 0 amide bonds. The van der Waals surface area contributed by atoms with Crippen molar-refractivity contribution in [1.82, 2.24) is 5.32 Å². The fraction of sp³-hybridized carbons (Fsp3) is 0.692. The van der Waals surface area contributed by atoms with Crippen molar-refractivity contribution in [3.05, 3.63) is 22.4 Å². The Morgan fingerprint density at radius 2 is 2.38 bits per heavy atom. The molecule has 1 aromatic heterocycles. The molecule has 3 heteroatoms. The molecule has 0 saturated heterocycles. The van der Waals surface area contributed by atoms with E-state index in [1.807, 2.05) is 18.4 Å². The zero-order valence-corrected chi connectivity index (χ0v) is 10.9. The SMILES string of the molecule is COC1CCCC(N[C@@H](C)c2cccs2)C1. The van der Waals surface area contributed by atoms with Crippen molar-refractivity contribution in [1.29, 1.82) is 0 Å². The van der Waals surface area contributed by atoms with E-state index < -0.39 is 0 Å². The van der Waals surface area contributed by atoms with Crippen molar-refractivity contribution in [3.63, 3.8) is 0 Å². The van der Waals surface area contributed by atoms with Crippen molar-refractivity contribution in [2.75, 3.05) is 7.11 Å².